The second kappa shape index (κ2) is 3.93. The summed E-state index contributed by atoms with van der Waals surface area (Å²) in [5.41, 5.74) is -0.756. The summed E-state index contributed by atoms with van der Waals surface area (Å²) in [7, 11) is 0. The quantitative estimate of drug-likeness (QED) is 0.655. The summed E-state index contributed by atoms with van der Waals surface area (Å²) >= 11 is 1.04. The molecule has 0 atom stereocenters. The van der Waals surface area contributed by atoms with E-state index < -0.39 is 11.5 Å². The Bertz CT molecular complexity index is 374. The van der Waals surface area contributed by atoms with Crippen LogP contribution in [0.15, 0.2) is 10.2 Å². The number of H-pyrrole nitrogens is 1. The summed E-state index contributed by atoms with van der Waals surface area (Å²) in [6, 6.07) is 0. The van der Waals surface area contributed by atoms with Crippen molar-refractivity contribution in [3.63, 3.8) is 0 Å². The van der Waals surface area contributed by atoms with E-state index in [-0.39, 0.29) is 11.4 Å². The summed E-state index contributed by atoms with van der Waals surface area (Å²) in [4.78, 5) is 24.3. The summed E-state index contributed by atoms with van der Waals surface area (Å²) < 4.78 is 0. The van der Waals surface area contributed by atoms with E-state index in [2.05, 4.69) is 10.3 Å². The van der Waals surface area contributed by atoms with Crippen LogP contribution in [0.3, 0.4) is 0 Å². The molecule has 0 bridgehead atoms. The molecule has 0 aromatic carbocycles. The van der Waals surface area contributed by atoms with Gasteiger partial charge in [0.05, 0.1) is 6.54 Å². The van der Waals surface area contributed by atoms with Crippen molar-refractivity contribution in [3.05, 3.63) is 20.7 Å². The number of amides is 1. The number of aliphatic hydroxyl groups is 1. The van der Waals surface area contributed by atoms with Crippen molar-refractivity contribution in [2.24, 2.45) is 0 Å². The van der Waals surface area contributed by atoms with E-state index in [0.717, 1.165) is 11.3 Å². The van der Waals surface area contributed by atoms with Crippen LogP contribution in [0, 0.1) is 0 Å². The van der Waals surface area contributed by atoms with Crippen LogP contribution in [-0.4, -0.2) is 21.6 Å². The van der Waals surface area contributed by atoms with E-state index >= 15 is 0 Å². The van der Waals surface area contributed by atoms with Crippen LogP contribution >= 0.6 is 11.3 Å². The van der Waals surface area contributed by atoms with Gasteiger partial charge in [-0.2, -0.15) is 0 Å². The van der Waals surface area contributed by atoms with Gasteiger partial charge in [0.1, 0.15) is 5.60 Å². The minimum Gasteiger partial charge on any atom is -0.381 e. The first kappa shape index (κ1) is 10.9. The van der Waals surface area contributed by atoms with Crippen LogP contribution in [0.1, 0.15) is 19.5 Å². The molecule has 5 nitrogen and oxygen atoms in total. The molecule has 0 saturated carbocycles. The van der Waals surface area contributed by atoms with E-state index in [1.54, 1.807) is 5.38 Å². The van der Waals surface area contributed by atoms with Crippen LogP contribution in [0.4, 0.5) is 0 Å². The fraction of sp³-hybridized carbons (Fsp3) is 0.500. The van der Waals surface area contributed by atoms with E-state index in [0.29, 0.717) is 5.69 Å². The van der Waals surface area contributed by atoms with E-state index in [9.17, 15) is 14.7 Å². The molecule has 0 saturated heterocycles. The van der Waals surface area contributed by atoms with Gasteiger partial charge in [-0.3, -0.25) is 9.59 Å². The van der Waals surface area contributed by atoms with Crippen molar-refractivity contribution < 1.29 is 9.90 Å². The Labute approximate surface area is 84.8 Å². The normalized spacial score (nSPS) is 11.4. The van der Waals surface area contributed by atoms with Gasteiger partial charge in [-0.1, -0.05) is 11.3 Å². The Hall–Kier alpha value is -1.14. The summed E-state index contributed by atoms with van der Waals surface area (Å²) in [5.74, 6) is -0.468. The molecule has 0 unspecified atom stereocenters. The van der Waals surface area contributed by atoms with Gasteiger partial charge in [0.25, 0.3) is 5.91 Å². The minimum absolute atomic E-state index is 0.155. The lowest BCUT2D eigenvalue weighted by Crippen LogP contribution is -2.41. The van der Waals surface area contributed by atoms with Gasteiger partial charge in [-0.15, -0.1) is 0 Å². The highest BCUT2D eigenvalue weighted by Crippen LogP contribution is 2.01. The Morgan fingerprint density at radius 1 is 1.71 bits per heavy atom. The van der Waals surface area contributed by atoms with Crippen LogP contribution in [0.5, 0.6) is 0 Å². The lowest BCUT2D eigenvalue weighted by atomic mass is 10.1. The lowest BCUT2D eigenvalue weighted by molar-refractivity contribution is -0.136. The zero-order valence-corrected chi connectivity index (χ0v) is 8.77. The molecule has 1 aromatic rings. The highest BCUT2D eigenvalue weighted by molar-refractivity contribution is 7.07. The molecule has 3 N–H and O–H groups in total. The average Bonchev–Trinajstić information content (AvgIpc) is 2.45. The van der Waals surface area contributed by atoms with Gasteiger partial charge in [-0.05, 0) is 13.8 Å². The molecule has 0 aliphatic carbocycles. The van der Waals surface area contributed by atoms with Gasteiger partial charge in [0.2, 0.25) is 0 Å². The highest BCUT2D eigenvalue weighted by atomic mass is 32.1. The van der Waals surface area contributed by atoms with E-state index in [4.69, 9.17) is 0 Å². The first-order chi connectivity index (χ1) is 6.39. The predicted octanol–water partition coefficient (Wildman–Crippen LogP) is -0.177. The third kappa shape index (κ3) is 2.97. The zero-order chi connectivity index (χ0) is 10.8. The number of hydrogen-bond donors (Lipinski definition) is 3. The number of nitrogens with one attached hydrogen (secondary N) is 2. The number of aromatic amines is 1. The van der Waals surface area contributed by atoms with Gasteiger partial charge in [0.15, 0.2) is 0 Å². The number of hydrogen-bond acceptors (Lipinski definition) is 4. The fourth-order valence-electron chi connectivity index (χ4n) is 0.792. The number of rotatable bonds is 3. The molecule has 6 heteroatoms. The highest BCUT2D eigenvalue weighted by Gasteiger charge is 2.22. The fourth-order valence-corrected chi connectivity index (χ4v) is 1.37. The van der Waals surface area contributed by atoms with Crippen molar-refractivity contribution >= 4 is 17.2 Å². The Morgan fingerprint density at radius 3 is 2.79 bits per heavy atom. The second-order valence-corrected chi connectivity index (χ2v) is 4.26. The summed E-state index contributed by atoms with van der Waals surface area (Å²) in [6.45, 7) is 3.03. The van der Waals surface area contributed by atoms with E-state index in [1.807, 2.05) is 0 Å². The number of aromatic nitrogens is 1. The van der Waals surface area contributed by atoms with E-state index in [1.165, 1.54) is 13.8 Å². The zero-order valence-electron chi connectivity index (χ0n) is 7.96. The third-order valence-electron chi connectivity index (χ3n) is 1.57. The second-order valence-electron chi connectivity index (χ2n) is 3.42. The summed E-state index contributed by atoms with van der Waals surface area (Å²) in [6.07, 6.45) is 0. The van der Waals surface area contributed by atoms with Crippen molar-refractivity contribution in [3.8, 4) is 0 Å². The van der Waals surface area contributed by atoms with Gasteiger partial charge >= 0.3 is 4.87 Å². The van der Waals surface area contributed by atoms with Gasteiger partial charge < -0.3 is 15.4 Å². The molecule has 14 heavy (non-hydrogen) atoms. The maximum atomic E-state index is 11.2. The topological polar surface area (TPSA) is 82.2 Å². The molecule has 0 spiro atoms. The molecule has 1 heterocycles. The van der Waals surface area contributed by atoms with Crippen molar-refractivity contribution in [1.29, 1.82) is 0 Å². The number of thiazole rings is 1. The largest absolute Gasteiger partial charge is 0.381 e. The van der Waals surface area contributed by atoms with Gasteiger partial charge in [-0.25, -0.2) is 0 Å². The molecule has 0 aliphatic heterocycles. The van der Waals surface area contributed by atoms with Crippen molar-refractivity contribution in [1.82, 2.24) is 10.3 Å². The third-order valence-corrected chi connectivity index (χ3v) is 2.28. The van der Waals surface area contributed by atoms with Crippen molar-refractivity contribution in [2.75, 3.05) is 0 Å². The molecule has 1 rings (SSSR count). The lowest BCUT2D eigenvalue weighted by Gasteiger charge is -2.15. The molecule has 0 radical (unpaired) electrons. The molecule has 0 fully saturated rings. The Kier molecular flexibility index (Phi) is 3.07. The van der Waals surface area contributed by atoms with Crippen molar-refractivity contribution in [2.45, 2.75) is 26.0 Å². The van der Waals surface area contributed by atoms with Crippen LogP contribution < -0.4 is 10.2 Å². The minimum atomic E-state index is -1.39. The maximum Gasteiger partial charge on any atom is 0.304 e. The average molecular weight is 216 g/mol. The van der Waals surface area contributed by atoms with Gasteiger partial charge in [0, 0.05) is 11.1 Å². The van der Waals surface area contributed by atoms with Crippen LogP contribution in [0.2, 0.25) is 0 Å². The SMILES string of the molecule is CC(C)(O)C(=O)NCc1csc(=O)[nH]1. The Balaban J connectivity index is 2.50. The molecular weight excluding hydrogens is 204 g/mol. The maximum absolute atomic E-state index is 11.2. The predicted molar refractivity (Wildman–Crippen MR) is 53.1 cm³/mol. The summed E-state index contributed by atoms with van der Waals surface area (Å²) in [5, 5.41) is 13.4. The molecule has 1 aromatic heterocycles. The monoisotopic (exact) mass is 216 g/mol. The van der Waals surface area contributed by atoms with Crippen LogP contribution in [-0.2, 0) is 11.3 Å². The molecule has 78 valence electrons. The number of carbonyl (C=O) groups is 1. The van der Waals surface area contributed by atoms with Crippen LogP contribution in [0.25, 0.3) is 0 Å². The number of carbonyl (C=O) groups excluding carboxylic acids is 1. The first-order valence-electron chi connectivity index (χ1n) is 4.07. The Morgan fingerprint density at radius 2 is 2.36 bits per heavy atom. The first-order valence-corrected chi connectivity index (χ1v) is 4.95. The standard InChI is InChI=1S/C8H12N2O3S/c1-8(2,13)6(11)9-3-5-4-14-7(12)10-5/h4,13H,3H2,1-2H3,(H,9,11)(H,10,12). The molecule has 1 amide bonds. The smallest absolute Gasteiger partial charge is 0.304 e. The molecule has 0 aliphatic rings. The molecular formula is C8H12N2O3S.